The van der Waals surface area contributed by atoms with E-state index in [-0.39, 0.29) is 11.8 Å². The molecule has 0 radical (unpaired) electrons. The molecule has 1 aromatic rings. The molecule has 21 heavy (non-hydrogen) atoms. The highest BCUT2D eigenvalue weighted by Gasteiger charge is 2.48. The van der Waals surface area contributed by atoms with Gasteiger partial charge in [0.2, 0.25) is 5.91 Å². The van der Waals surface area contributed by atoms with Crippen molar-refractivity contribution in [2.75, 3.05) is 6.54 Å². The zero-order valence-electron chi connectivity index (χ0n) is 12.2. The molecule has 5 nitrogen and oxygen atoms in total. The minimum absolute atomic E-state index is 0.245. The van der Waals surface area contributed by atoms with E-state index < -0.39 is 0 Å². The Balaban J connectivity index is 1.27. The fraction of sp³-hybridized carbons (Fsp3) is 0.800. The maximum absolute atomic E-state index is 12.1. The summed E-state index contributed by atoms with van der Waals surface area (Å²) in [5.41, 5.74) is 0. The molecule has 0 saturated heterocycles. The standard InChI is InChI=1S/C15H22N4OS/c20-14(12-8-11(12)9-2-1-3-9)16-6-7-19-13(10-4-5-10)17-18-15(19)21/h9-12H,1-8H2,(H,16,20)(H,18,21)/t11-,12-/m1/s1. The summed E-state index contributed by atoms with van der Waals surface area (Å²) in [6, 6.07) is 0. The van der Waals surface area contributed by atoms with Crippen LogP contribution >= 0.6 is 12.2 Å². The monoisotopic (exact) mass is 306 g/mol. The largest absolute Gasteiger partial charge is 0.354 e. The van der Waals surface area contributed by atoms with Crippen molar-refractivity contribution in [3.63, 3.8) is 0 Å². The van der Waals surface area contributed by atoms with Gasteiger partial charge >= 0.3 is 0 Å². The van der Waals surface area contributed by atoms with Crippen molar-refractivity contribution in [3.05, 3.63) is 10.6 Å². The fourth-order valence-electron chi connectivity index (χ4n) is 3.53. The molecule has 3 saturated carbocycles. The van der Waals surface area contributed by atoms with Gasteiger partial charge in [0.1, 0.15) is 5.82 Å². The molecule has 0 aliphatic heterocycles. The Morgan fingerprint density at radius 2 is 2.19 bits per heavy atom. The van der Waals surface area contributed by atoms with Gasteiger partial charge < -0.3 is 9.88 Å². The summed E-state index contributed by atoms with van der Waals surface area (Å²) in [7, 11) is 0. The summed E-state index contributed by atoms with van der Waals surface area (Å²) in [6.07, 6.45) is 7.55. The third-order valence-corrected chi connectivity index (χ3v) is 5.61. The molecule has 1 amide bonds. The lowest BCUT2D eigenvalue weighted by Gasteiger charge is -2.25. The van der Waals surface area contributed by atoms with Gasteiger partial charge in [-0.05, 0) is 43.3 Å². The number of hydrogen-bond donors (Lipinski definition) is 2. The van der Waals surface area contributed by atoms with Crippen LogP contribution in [0.15, 0.2) is 0 Å². The van der Waals surface area contributed by atoms with Gasteiger partial charge in [0, 0.05) is 24.9 Å². The summed E-state index contributed by atoms with van der Waals surface area (Å²) in [5.74, 6) is 3.68. The molecular formula is C15H22N4OS. The first kappa shape index (κ1) is 13.5. The molecule has 0 aromatic carbocycles. The minimum Gasteiger partial charge on any atom is -0.354 e. The number of aromatic amines is 1. The van der Waals surface area contributed by atoms with Crippen molar-refractivity contribution < 1.29 is 4.79 Å². The van der Waals surface area contributed by atoms with Crippen LogP contribution in [0.2, 0.25) is 0 Å². The number of aromatic nitrogens is 3. The first-order valence-electron chi connectivity index (χ1n) is 8.17. The highest BCUT2D eigenvalue weighted by Crippen LogP contribution is 2.51. The van der Waals surface area contributed by atoms with Crippen molar-refractivity contribution in [1.82, 2.24) is 20.1 Å². The first-order chi connectivity index (χ1) is 10.2. The SMILES string of the molecule is O=C(NCCn1c(C2CC2)n[nH]c1=S)[C@@H]1C[C@@H]1C1CCC1. The molecule has 3 aliphatic carbocycles. The summed E-state index contributed by atoms with van der Waals surface area (Å²) < 4.78 is 2.72. The third kappa shape index (κ3) is 2.65. The lowest BCUT2D eigenvalue weighted by Crippen LogP contribution is -2.30. The van der Waals surface area contributed by atoms with Crippen molar-refractivity contribution in [3.8, 4) is 0 Å². The molecule has 1 aromatic heterocycles. The van der Waals surface area contributed by atoms with Crippen molar-refractivity contribution >= 4 is 18.1 Å². The van der Waals surface area contributed by atoms with E-state index in [0.29, 0.717) is 23.2 Å². The van der Waals surface area contributed by atoms with Gasteiger partial charge in [0.15, 0.2) is 4.77 Å². The number of nitrogens with one attached hydrogen (secondary N) is 2. The van der Waals surface area contributed by atoms with Gasteiger partial charge in [-0.2, -0.15) is 5.10 Å². The van der Waals surface area contributed by atoms with Crippen LogP contribution in [0.25, 0.3) is 0 Å². The maximum Gasteiger partial charge on any atom is 0.223 e. The molecule has 114 valence electrons. The number of hydrogen-bond acceptors (Lipinski definition) is 3. The van der Waals surface area contributed by atoms with Crippen LogP contribution in [0.4, 0.5) is 0 Å². The van der Waals surface area contributed by atoms with Crippen molar-refractivity contribution in [2.24, 2.45) is 17.8 Å². The van der Waals surface area contributed by atoms with Crippen LogP contribution in [-0.2, 0) is 11.3 Å². The van der Waals surface area contributed by atoms with E-state index >= 15 is 0 Å². The van der Waals surface area contributed by atoms with Crippen molar-refractivity contribution in [2.45, 2.75) is 51.0 Å². The van der Waals surface area contributed by atoms with Gasteiger partial charge in [-0.3, -0.25) is 9.89 Å². The Hall–Kier alpha value is -1.17. The van der Waals surface area contributed by atoms with Crippen LogP contribution in [0.5, 0.6) is 0 Å². The second kappa shape index (κ2) is 5.23. The second-order valence-electron chi connectivity index (χ2n) is 6.80. The lowest BCUT2D eigenvalue weighted by molar-refractivity contribution is -0.122. The van der Waals surface area contributed by atoms with Gasteiger partial charge in [0.05, 0.1) is 0 Å². The molecule has 0 spiro atoms. The Morgan fingerprint density at radius 3 is 2.86 bits per heavy atom. The molecule has 4 rings (SSSR count). The van der Waals surface area contributed by atoms with E-state index in [4.69, 9.17) is 12.2 Å². The van der Waals surface area contributed by atoms with Crippen LogP contribution in [0.3, 0.4) is 0 Å². The second-order valence-corrected chi connectivity index (χ2v) is 7.19. The number of rotatable bonds is 6. The molecule has 3 fully saturated rings. The van der Waals surface area contributed by atoms with Crippen LogP contribution in [0.1, 0.15) is 50.3 Å². The van der Waals surface area contributed by atoms with Gasteiger partial charge in [-0.25, -0.2) is 0 Å². The van der Waals surface area contributed by atoms with E-state index in [0.717, 1.165) is 24.7 Å². The zero-order chi connectivity index (χ0) is 14.4. The molecule has 2 atom stereocenters. The molecule has 3 aliphatic rings. The van der Waals surface area contributed by atoms with Crippen molar-refractivity contribution in [1.29, 1.82) is 0 Å². The summed E-state index contributed by atoms with van der Waals surface area (Å²) in [4.78, 5) is 12.1. The fourth-order valence-corrected chi connectivity index (χ4v) is 3.76. The number of nitrogens with zero attached hydrogens (tertiary/aromatic N) is 2. The third-order valence-electron chi connectivity index (χ3n) is 5.30. The average molecular weight is 306 g/mol. The van der Waals surface area contributed by atoms with E-state index in [2.05, 4.69) is 15.5 Å². The normalized spacial score (nSPS) is 28.2. The zero-order valence-corrected chi connectivity index (χ0v) is 13.0. The van der Waals surface area contributed by atoms with Crippen LogP contribution in [0, 0.1) is 22.5 Å². The van der Waals surface area contributed by atoms with Gasteiger partial charge in [0.25, 0.3) is 0 Å². The maximum atomic E-state index is 12.1. The number of carbonyl (C=O) groups is 1. The van der Waals surface area contributed by atoms with Gasteiger partial charge in [-0.1, -0.05) is 19.3 Å². The Morgan fingerprint density at radius 1 is 1.38 bits per heavy atom. The first-order valence-corrected chi connectivity index (χ1v) is 8.57. The molecule has 0 unspecified atom stereocenters. The summed E-state index contributed by atoms with van der Waals surface area (Å²) in [5, 5.41) is 10.3. The van der Waals surface area contributed by atoms with E-state index in [1.165, 1.54) is 32.1 Å². The molecule has 1 heterocycles. The topological polar surface area (TPSA) is 62.7 Å². The Bertz CT molecular complexity index is 599. The smallest absolute Gasteiger partial charge is 0.223 e. The highest BCUT2D eigenvalue weighted by molar-refractivity contribution is 7.71. The Labute approximate surface area is 129 Å². The minimum atomic E-state index is 0.245. The van der Waals surface area contributed by atoms with Gasteiger partial charge in [-0.15, -0.1) is 0 Å². The quantitative estimate of drug-likeness (QED) is 0.793. The molecular weight excluding hydrogens is 284 g/mol. The molecule has 0 bridgehead atoms. The summed E-state index contributed by atoms with van der Waals surface area (Å²) in [6.45, 7) is 1.38. The van der Waals surface area contributed by atoms with E-state index in [1.54, 1.807) is 0 Å². The molecule has 6 heteroatoms. The number of amides is 1. The van der Waals surface area contributed by atoms with E-state index in [9.17, 15) is 4.79 Å². The Kier molecular flexibility index (Phi) is 3.36. The lowest BCUT2D eigenvalue weighted by atomic mass is 9.81. The van der Waals surface area contributed by atoms with E-state index in [1.807, 2.05) is 4.57 Å². The van der Waals surface area contributed by atoms with Crippen LogP contribution in [-0.4, -0.2) is 27.2 Å². The summed E-state index contributed by atoms with van der Waals surface area (Å²) >= 11 is 5.27. The predicted molar refractivity (Wildman–Crippen MR) is 81.3 cm³/mol. The highest BCUT2D eigenvalue weighted by atomic mass is 32.1. The number of carbonyl (C=O) groups excluding carboxylic acids is 1. The predicted octanol–water partition coefficient (Wildman–Crippen LogP) is 2.37. The molecule has 2 N–H and O–H groups in total. The van der Waals surface area contributed by atoms with Crippen LogP contribution < -0.4 is 5.32 Å². The number of H-pyrrole nitrogens is 1. The average Bonchev–Trinajstić information content (AvgIpc) is 3.29.